The van der Waals surface area contributed by atoms with Gasteiger partial charge in [-0.05, 0) is 31.2 Å². The van der Waals surface area contributed by atoms with Crippen molar-refractivity contribution in [1.29, 1.82) is 0 Å². The van der Waals surface area contributed by atoms with E-state index in [9.17, 15) is 18.0 Å². The van der Waals surface area contributed by atoms with Crippen LogP contribution in [0.3, 0.4) is 0 Å². The van der Waals surface area contributed by atoms with Gasteiger partial charge in [-0.15, -0.1) is 0 Å². The zero-order valence-electron chi connectivity index (χ0n) is 15.5. The Morgan fingerprint density at radius 2 is 1.79 bits per heavy atom. The van der Waals surface area contributed by atoms with Gasteiger partial charge in [0, 0.05) is 17.3 Å². The molecule has 148 valence electrons. The molecule has 0 aromatic heterocycles. The third-order valence-electron chi connectivity index (χ3n) is 4.05. The Hall–Kier alpha value is -3.07. The van der Waals surface area contributed by atoms with Crippen LogP contribution in [0.2, 0.25) is 0 Å². The van der Waals surface area contributed by atoms with Crippen molar-refractivity contribution in [3.05, 3.63) is 48.0 Å². The summed E-state index contributed by atoms with van der Waals surface area (Å²) in [5, 5.41) is 2.62. The number of benzene rings is 2. The number of rotatable bonds is 6. The Morgan fingerprint density at radius 3 is 2.46 bits per heavy atom. The number of hydrogen-bond acceptors (Lipinski definition) is 6. The highest BCUT2D eigenvalue weighted by atomic mass is 32.2. The number of hydrogen-bond donors (Lipinski definition) is 1. The van der Waals surface area contributed by atoms with Crippen molar-refractivity contribution in [3.63, 3.8) is 0 Å². The summed E-state index contributed by atoms with van der Waals surface area (Å²) in [6, 6.07) is 11.1. The van der Waals surface area contributed by atoms with E-state index < -0.39 is 22.5 Å². The van der Waals surface area contributed by atoms with Crippen LogP contribution in [0.5, 0.6) is 11.5 Å². The third kappa shape index (κ3) is 4.61. The molecule has 0 radical (unpaired) electrons. The molecule has 1 N–H and O–H groups in total. The predicted octanol–water partition coefficient (Wildman–Crippen LogP) is 2.07. The van der Waals surface area contributed by atoms with Crippen LogP contribution in [0.1, 0.15) is 17.3 Å². The molecular weight excluding hydrogens is 384 g/mol. The van der Waals surface area contributed by atoms with Crippen molar-refractivity contribution >= 4 is 33.1 Å². The first-order valence-corrected chi connectivity index (χ1v) is 10.4. The van der Waals surface area contributed by atoms with Crippen LogP contribution in [0.15, 0.2) is 42.5 Å². The quantitative estimate of drug-likeness (QED) is 0.740. The molecule has 2 aromatic rings. The van der Waals surface area contributed by atoms with Crippen molar-refractivity contribution in [2.24, 2.45) is 0 Å². The van der Waals surface area contributed by atoms with E-state index in [4.69, 9.17) is 9.47 Å². The minimum absolute atomic E-state index is 0.134. The average molecular weight is 404 g/mol. The SMILES string of the molecule is CC(=O)c1cccc(NC(=O)CN(c2ccc3c(c2)OCCO3)S(C)(=O)=O)c1. The molecule has 1 aliphatic heterocycles. The minimum atomic E-state index is -3.73. The molecule has 3 rings (SSSR count). The molecule has 9 heteroatoms. The Labute approximate surface area is 163 Å². The number of sulfonamides is 1. The smallest absolute Gasteiger partial charge is 0.245 e. The highest BCUT2D eigenvalue weighted by Gasteiger charge is 2.23. The number of carbonyl (C=O) groups excluding carboxylic acids is 2. The first kappa shape index (κ1) is 19.7. The van der Waals surface area contributed by atoms with Crippen molar-refractivity contribution in [3.8, 4) is 11.5 Å². The molecule has 0 fully saturated rings. The van der Waals surface area contributed by atoms with E-state index in [1.165, 1.54) is 19.1 Å². The molecule has 2 aromatic carbocycles. The minimum Gasteiger partial charge on any atom is -0.486 e. The van der Waals surface area contributed by atoms with Gasteiger partial charge in [0.1, 0.15) is 19.8 Å². The molecule has 1 aliphatic rings. The number of fused-ring (bicyclic) bond motifs is 1. The van der Waals surface area contributed by atoms with Crippen LogP contribution in [-0.2, 0) is 14.8 Å². The predicted molar refractivity (Wildman–Crippen MR) is 105 cm³/mol. The fraction of sp³-hybridized carbons (Fsp3) is 0.263. The Kier molecular flexibility index (Phi) is 5.55. The maximum atomic E-state index is 12.5. The van der Waals surface area contributed by atoms with Crippen LogP contribution < -0.4 is 19.1 Å². The summed E-state index contributed by atoms with van der Waals surface area (Å²) in [6.45, 7) is 1.78. The first-order valence-electron chi connectivity index (χ1n) is 8.52. The second-order valence-corrected chi connectivity index (χ2v) is 8.19. The van der Waals surface area contributed by atoms with E-state index in [1.807, 2.05) is 0 Å². The van der Waals surface area contributed by atoms with Gasteiger partial charge in [0.15, 0.2) is 17.3 Å². The lowest BCUT2D eigenvalue weighted by Crippen LogP contribution is -2.37. The second kappa shape index (κ2) is 7.89. The number of Topliss-reactive ketones (excluding diaryl/α,β-unsaturated/α-hetero) is 1. The largest absolute Gasteiger partial charge is 0.486 e. The normalized spacial score (nSPS) is 12.9. The summed E-state index contributed by atoms with van der Waals surface area (Å²) >= 11 is 0. The summed E-state index contributed by atoms with van der Waals surface area (Å²) in [6.07, 6.45) is 1.02. The summed E-state index contributed by atoms with van der Waals surface area (Å²) in [5.41, 5.74) is 1.15. The monoisotopic (exact) mass is 404 g/mol. The van der Waals surface area contributed by atoms with E-state index in [-0.39, 0.29) is 5.78 Å². The molecule has 1 amide bonds. The van der Waals surface area contributed by atoms with Crippen molar-refractivity contribution < 1.29 is 27.5 Å². The maximum Gasteiger partial charge on any atom is 0.245 e. The van der Waals surface area contributed by atoms with Crippen LogP contribution in [-0.4, -0.2) is 46.1 Å². The number of anilines is 2. The highest BCUT2D eigenvalue weighted by Crippen LogP contribution is 2.34. The zero-order valence-corrected chi connectivity index (χ0v) is 16.3. The van der Waals surface area contributed by atoms with E-state index in [0.29, 0.717) is 41.7 Å². The van der Waals surface area contributed by atoms with Crippen LogP contribution >= 0.6 is 0 Å². The topological polar surface area (TPSA) is 102 Å². The Morgan fingerprint density at radius 1 is 1.07 bits per heavy atom. The highest BCUT2D eigenvalue weighted by molar-refractivity contribution is 7.92. The van der Waals surface area contributed by atoms with Gasteiger partial charge in [-0.1, -0.05) is 12.1 Å². The molecule has 0 spiro atoms. The van der Waals surface area contributed by atoms with Gasteiger partial charge >= 0.3 is 0 Å². The van der Waals surface area contributed by atoms with E-state index in [1.54, 1.807) is 30.3 Å². The van der Waals surface area contributed by atoms with Gasteiger partial charge in [0.25, 0.3) is 0 Å². The summed E-state index contributed by atoms with van der Waals surface area (Å²) in [4.78, 5) is 23.9. The number of ether oxygens (including phenoxy) is 2. The Bertz CT molecular complexity index is 1020. The van der Waals surface area contributed by atoms with Gasteiger partial charge in [0.05, 0.1) is 11.9 Å². The standard InChI is InChI=1S/C19H20N2O6S/c1-13(22)14-4-3-5-15(10-14)20-19(23)12-21(28(2,24)25)16-6-7-17-18(11-16)27-9-8-26-17/h3-7,10-11H,8-9,12H2,1-2H3,(H,20,23). The third-order valence-corrected chi connectivity index (χ3v) is 5.19. The Balaban J connectivity index is 1.81. The van der Waals surface area contributed by atoms with Crippen LogP contribution in [0.25, 0.3) is 0 Å². The van der Waals surface area contributed by atoms with E-state index >= 15 is 0 Å². The number of ketones is 1. The number of nitrogens with zero attached hydrogens (tertiary/aromatic N) is 1. The number of carbonyl (C=O) groups is 2. The molecule has 8 nitrogen and oxygen atoms in total. The van der Waals surface area contributed by atoms with Gasteiger partial charge in [-0.3, -0.25) is 13.9 Å². The van der Waals surface area contributed by atoms with Gasteiger partial charge in [-0.25, -0.2) is 8.42 Å². The molecule has 1 heterocycles. The molecular formula is C19H20N2O6S. The van der Waals surface area contributed by atoms with Gasteiger partial charge in [-0.2, -0.15) is 0 Å². The molecule has 28 heavy (non-hydrogen) atoms. The molecule has 0 unspecified atom stereocenters. The second-order valence-electron chi connectivity index (χ2n) is 6.28. The van der Waals surface area contributed by atoms with Crippen molar-refractivity contribution in [2.75, 3.05) is 35.6 Å². The summed E-state index contributed by atoms with van der Waals surface area (Å²) in [5.74, 6) is 0.270. The lowest BCUT2D eigenvalue weighted by Gasteiger charge is -2.24. The fourth-order valence-electron chi connectivity index (χ4n) is 2.73. The van der Waals surface area contributed by atoms with Crippen molar-refractivity contribution in [1.82, 2.24) is 0 Å². The molecule has 0 atom stereocenters. The fourth-order valence-corrected chi connectivity index (χ4v) is 3.58. The lowest BCUT2D eigenvalue weighted by atomic mass is 10.1. The molecule has 0 bridgehead atoms. The summed E-state index contributed by atoms with van der Waals surface area (Å²) < 4.78 is 36.4. The first-order chi connectivity index (χ1) is 13.2. The number of nitrogens with one attached hydrogen (secondary N) is 1. The molecule has 0 saturated carbocycles. The van der Waals surface area contributed by atoms with Crippen molar-refractivity contribution in [2.45, 2.75) is 6.92 Å². The lowest BCUT2D eigenvalue weighted by molar-refractivity contribution is -0.114. The van der Waals surface area contributed by atoms with Crippen LogP contribution in [0, 0.1) is 0 Å². The van der Waals surface area contributed by atoms with E-state index in [2.05, 4.69) is 5.32 Å². The number of amides is 1. The van der Waals surface area contributed by atoms with E-state index in [0.717, 1.165) is 10.6 Å². The zero-order chi connectivity index (χ0) is 20.3. The molecule has 0 saturated heterocycles. The van der Waals surface area contributed by atoms with Crippen LogP contribution in [0.4, 0.5) is 11.4 Å². The van der Waals surface area contributed by atoms with Gasteiger partial charge in [0.2, 0.25) is 15.9 Å². The summed E-state index contributed by atoms with van der Waals surface area (Å²) in [7, 11) is -3.73. The van der Waals surface area contributed by atoms with Gasteiger partial charge < -0.3 is 14.8 Å². The average Bonchev–Trinajstić information content (AvgIpc) is 2.65. The molecule has 0 aliphatic carbocycles. The maximum absolute atomic E-state index is 12.5.